The Morgan fingerprint density at radius 3 is 2.83 bits per heavy atom. The topological polar surface area (TPSA) is 58.6 Å². The van der Waals surface area contributed by atoms with Gasteiger partial charge < -0.3 is 15.0 Å². The highest BCUT2D eigenvalue weighted by Crippen LogP contribution is 2.26. The second-order valence-electron chi connectivity index (χ2n) is 5.35. The van der Waals surface area contributed by atoms with Crippen molar-refractivity contribution in [2.24, 2.45) is 0 Å². The molecule has 1 aliphatic rings. The fraction of sp³-hybridized carbons (Fsp3) is 0.467. The number of hydrogen-bond acceptors (Lipinski definition) is 3. The normalized spacial score (nSPS) is 20.4. The van der Waals surface area contributed by atoms with Gasteiger partial charge in [-0.2, -0.15) is 0 Å². The summed E-state index contributed by atoms with van der Waals surface area (Å²) in [6.07, 6.45) is -0.0352. The van der Waals surface area contributed by atoms with E-state index in [1.807, 2.05) is 0 Å². The largest absolute Gasteiger partial charge is 0.467 e. The Hall–Kier alpha value is -2.25. The Morgan fingerprint density at radius 2 is 2.13 bits per heavy atom. The molecule has 5 nitrogen and oxygen atoms in total. The zero-order valence-corrected chi connectivity index (χ0v) is 12.6. The quantitative estimate of drug-likeness (QED) is 0.857. The van der Waals surface area contributed by atoms with Crippen LogP contribution in [0.2, 0.25) is 0 Å². The molecule has 0 aliphatic carbocycles. The third kappa shape index (κ3) is 3.94. The minimum Gasteiger partial charge on any atom is -0.467 e. The van der Waals surface area contributed by atoms with Crippen LogP contribution in [-0.4, -0.2) is 49.3 Å². The summed E-state index contributed by atoms with van der Waals surface area (Å²) in [6, 6.07) is 2.52. The van der Waals surface area contributed by atoms with E-state index in [2.05, 4.69) is 10.1 Å². The molecule has 1 fully saturated rings. The van der Waals surface area contributed by atoms with Crippen molar-refractivity contribution < 1.29 is 27.5 Å². The number of nitrogens with zero attached hydrogens (tertiary/aromatic N) is 1. The summed E-state index contributed by atoms with van der Waals surface area (Å²) in [5.74, 6) is -2.13. The molecule has 0 radical (unpaired) electrons. The van der Waals surface area contributed by atoms with Gasteiger partial charge in [-0.15, -0.1) is 0 Å². The second-order valence-corrected chi connectivity index (χ2v) is 5.35. The van der Waals surface area contributed by atoms with Gasteiger partial charge in [-0.1, -0.05) is 0 Å². The molecule has 1 heterocycles. The molecule has 0 bridgehead atoms. The van der Waals surface area contributed by atoms with Crippen LogP contribution in [0, 0.1) is 11.6 Å². The number of ether oxygens (including phenoxy) is 1. The van der Waals surface area contributed by atoms with Crippen LogP contribution in [0.1, 0.15) is 12.0 Å². The lowest BCUT2D eigenvalue weighted by atomic mass is 10.1. The lowest BCUT2D eigenvalue weighted by molar-refractivity contribution is -0.153. The molecule has 2 amide bonds. The summed E-state index contributed by atoms with van der Waals surface area (Å²) in [7, 11) is 1.08. The summed E-state index contributed by atoms with van der Waals surface area (Å²) < 4.78 is 45.1. The van der Waals surface area contributed by atoms with Gasteiger partial charge in [-0.25, -0.2) is 22.8 Å². The number of benzene rings is 1. The number of amides is 2. The lowest BCUT2D eigenvalue weighted by Gasteiger charge is -2.19. The van der Waals surface area contributed by atoms with Crippen molar-refractivity contribution in [1.29, 1.82) is 0 Å². The van der Waals surface area contributed by atoms with Crippen LogP contribution in [0.5, 0.6) is 0 Å². The van der Waals surface area contributed by atoms with E-state index in [0.717, 1.165) is 30.2 Å². The van der Waals surface area contributed by atoms with Gasteiger partial charge in [-0.05, 0) is 30.2 Å². The molecule has 0 saturated carbocycles. The van der Waals surface area contributed by atoms with E-state index in [0.29, 0.717) is 0 Å². The zero-order chi connectivity index (χ0) is 17.0. The molecule has 1 N–H and O–H groups in total. The number of esters is 1. The Balaban J connectivity index is 1.84. The van der Waals surface area contributed by atoms with Gasteiger partial charge in [-0.3, -0.25) is 0 Å². The average molecular weight is 330 g/mol. The zero-order valence-electron chi connectivity index (χ0n) is 12.6. The van der Waals surface area contributed by atoms with Crippen molar-refractivity contribution >= 4 is 12.0 Å². The fourth-order valence-electron chi connectivity index (χ4n) is 2.45. The van der Waals surface area contributed by atoms with E-state index in [9.17, 15) is 22.8 Å². The molecule has 126 valence electrons. The SMILES string of the molecule is COC(=O)C1(F)CCN(C(=O)NCCc2cc(F)ccc2F)C1. The summed E-state index contributed by atoms with van der Waals surface area (Å²) in [4.78, 5) is 24.4. The summed E-state index contributed by atoms with van der Waals surface area (Å²) >= 11 is 0. The first-order valence-electron chi connectivity index (χ1n) is 7.10. The minimum absolute atomic E-state index is 0.0627. The van der Waals surface area contributed by atoms with E-state index >= 15 is 0 Å². The van der Waals surface area contributed by atoms with Crippen molar-refractivity contribution in [3.8, 4) is 0 Å². The predicted octanol–water partition coefficient (Wildman–Crippen LogP) is 1.80. The first kappa shape index (κ1) is 17.1. The number of methoxy groups -OCH3 is 1. The van der Waals surface area contributed by atoms with Crippen molar-refractivity contribution in [2.75, 3.05) is 26.7 Å². The standard InChI is InChI=1S/C15H17F3N2O3/c1-23-13(21)15(18)5-7-20(9-15)14(22)19-6-4-10-8-11(16)2-3-12(10)17/h2-3,8H,4-7,9H2,1H3,(H,19,22). The highest BCUT2D eigenvalue weighted by molar-refractivity contribution is 5.82. The van der Waals surface area contributed by atoms with Gasteiger partial charge in [0.25, 0.3) is 0 Å². The highest BCUT2D eigenvalue weighted by atomic mass is 19.1. The summed E-state index contributed by atoms with van der Waals surface area (Å²) in [6.45, 7) is -0.251. The molecule has 23 heavy (non-hydrogen) atoms. The molecular weight excluding hydrogens is 313 g/mol. The van der Waals surface area contributed by atoms with Crippen molar-refractivity contribution in [2.45, 2.75) is 18.5 Å². The predicted molar refractivity (Wildman–Crippen MR) is 75.5 cm³/mol. The van der Waals surface area contributed by atoms with Gasteiger partial charge >= 0.3 is 12.0 Å². The molecule has 0 aromatic heterocycles. The van der Waals surface area contributed by atoms with E-state index < -0.39 is 29.3 Å². The van der Waals surface area contributed by atoms with Crippen LogP contribution in [0.3, 0.4) is 0 Å². The fourth-order valence-corrected chi connectivity index (χ4v) is 2.45. The average Bonchev–Trinajstić information content (AvgIpc) is 2.93. The third-order valence-electron chi connectivity index (χ3n) is 3.74. The van der Waals surface area contributed by atoms with Gasteiger partial charge in [0.2, 0.25) is 5.67 Å². The van der Waals surface area contributed by atoms with Crippen molar-refractivity contribution in [3.05, 3.63) is 35.4 Å². The van der Waals surface area contributed by atoms with E-state index in [-0.39, 0.29) is 38.0 Å². The van der Waals surface area contributed by atoms with Gasteiger partial charge in [0.05, 0.1) is 13.7 Å². The maximum atomic E-state index is 14.2. The first-order chi connectivity index (χ1) is 10.9. The number of hydrogen-bond donors (Lipinski definition) is 1. The highest BCUT2D eigenvalue weighted by Gasteiger charge is 2.47. The minimum atomic E-state index is -2.19. The number of rotatable bonds is 4. The van der Waals surface area contributed by atoms with E-state index in [1.165, 1.54) is 0 Å². The number of likely N-dealkylation sites (tertiary alicyclic amines) is 1. The Morgan fingerprint density at radius 1 is 1.39 bits per heavy atom. The third-order valence-corrected chi connectivity index (χ3v) is 3.74. The van der Waals surface area contributed by atoms with Crippen LogP contribution in [-0.2, 0) is 16.0 Å². The van der Waals surface area contributed by atoms with Crippen LogP contribution in [0.15, 0.2) is 18.2 Å². The van der Waals surface area contributed by atoms with Crippen LogP contribution < -0.4 is 5.32 Å². The van der Waals surface area contributed by atoms with Crippen LogP contribution in [0.25, 0.3) is 0 Å². The molecule has 2 rings (SSSR count). The molecule has 1 aliphatic heterocycles. The maximum Gasteiger partial charge on any atom is 0.345 e. The number of alkyl halides is 1. The molecule has 1 aromatic rings. The number of carbonyl (C=O) groups is 2. The number of urea groups is 1. The summed E-state index contributed by atoms with van der Waals surface area (Å²) in [5, 5.41) is 2.49. The first-order valence-corrected chi connectivity index (χ1v) is 7.10. The lowest BCUT2D eigenvalue weighted by Crippen LogP contribution is -2.43. The Labute approximate surface area is 131 Å². The van der Waals surface area contributed by atoms with E-state index in [4.69, 9.17) is 0 Å². The summed E-state index contributed by atoms with van der Waals surface area (Å²) in [5.41, 5.74) is -2.05. The van der Waals surface area contributed by atoms with Gasteiger partial charge in [0, 0.05) is 19.5 Å². The molecule has 0 spiro atoms. The van der Waals surface area contributed by atoms with E-state index in [1.54, 1.807) is 0 Å². The number of carbonyl (C=O) groups excluding carboxylic acids is 2. The molecule has 8 heteroatoms. The number of nitrogens with one attached hydrogen (secondary N) is 1. The second kappa shape index (κ2) is 6.89. The van der Waals surface area contributed by atoms with Crippen LogP contribution >= 0.6 is 0 Å². The molecule has 1 unspecified atom stereocenters. The Kier molecular flexibility index (Phi) is 5.12. The van der Waals surface area contributed by atoms with Gasteiger partial charge in [0.15, 0.2) is 0 Å². The molecular formula is C15H17F3N2O3. The Bertz CT molecular complexity index is 612. The van der Waals surface area contributed by atoms with Crippen LogP contribution in [0.4, 0.5) is 18.0 Å². The maximum absolute atomic E-state index is 14.2. The van der Waals surface area contributed by atoms with Crippen molar-refractivity contribution in [3.63, 3.8) is 0 Å². The van der Waals surface area contributed by atoms with Gasteiger partial charge in [0.1, 0.15) is 11.6 Å². The smallest absolute Gasteiger partial charge is 0.345 e. The molecule has 1 aromatic carbocycles. The van der Waals surface area contributed by atoms with Crippen molar-refractivity contribution in [1.82, 2.24) is 10.2 Å². The monoisotopic (exact) mass is 330 g/mol. The molecule has 1 saturated heterocycles. The molecule has 1 atom stereocenters. The number of halogens is 3.